The van der Waals surface area contributed by atoms with Gasteiger partial charge in [-0.05, 0) is 35.2 Å². The van der Waals surface area contributed by atoms with Crippen LogP contribution in [-0.4, -0.2) is 0 Å². The lowest BCUT2D eigenvalue weighted by atomic mass is 9.95. The lowest BCUT2D eigenvalue weighted by molar-refractivity contribution is 0.818. The van der Waals surface area contributed by atoms with Gasteiger partial charge in [0.05, 0.1) is 22.0 Å². The lowest BCUT2D eigenvalue weighted by Crippen LogP contribution is -1.93. The fraction of sp³-hybridized carbons (Fsp3) is 0.188. The van der Waals surface area contributed by atoms with Crippen LogP contribution in [0.25, 0.3) is 11.1 Å². The second kappa shape index (κ2) is 6.10. The van der Waals surface area contributed by atoms with Gasteiger partial charge in [0.15, 0.2) is 0 Å². The Labute approximate surface area is 123 Å². The quantitative estimate of drug-likeness (QED) is 0.713. The first-order valence-corrected chi connectivity index (χ1v) is 6.86. The number of nitrogens with zero attached hydrogens (tertiary/aromatic N) is 1. The third-order valence-corrected chi connectivity index (χ3v) is 3.87. The standard InChI is InChI=1S/C16H13Cl2N/c1-2-11(10-19)12-3-5-13(6-4-12)14-7-8-15(17)16(18)9-14/h3-9,11H,2H2,1H3/t11-/m0/s1. The number of nitriles is 1. The molecule has 0 aliphatic heterocycles. The minimum atomic E-state index is -0.0390. The van der Waals surface area contributed by atoms with Gasteiger partial charge < -0.3 is 0 Å². The van der Waals surface area contributed by atoms with Crippen LogP contribution in [0.15, 0.2) is 42.5 Å². The van der Waals surface area contributed by atoms with Crippen LogP contribution >= 0.6 is 23.2 Å². The highest BCUT2D eigenvalue weighted by Gasteiger charge is 2.08. The van der Waals surface area contributed by atoms with E-state index in [-0.39, 0.29) is 5.92 Å². The molecular formula is C16H13Cl2N. The summed E-state index contributed by atoms with van der Waals surface area (Å²) in [5.74, 6) is -0.0390. The highest BCUT2D eigenvalue weighted by molar-refractivity contribution is 6.42. The summed E-state index contributed by atoms with van der Waals surface area (Å²) in [5.41, 5.74) is 3.13. The average molecular weight is 290 g/mol. The van der Waals surface area contributed by atoms with E-state index in [1.165, 1.54) is 0 Å². The van der Waals surface area contributed by atoms with Gasteiger partial charge in [-0.3, -0.25) is 0 Å². The number of hydrogen-bond acceptors (Lipinski definition) is 1. The molecule has 0 spiro atoms. The SMILES string of the molecule is CC[C@@H](C#N)c1ccc(-c2ccc(Cl)c(Cl)c2)cc1. The van der Waals surface area contributed by atoms with Crippen LogP contribution in [0.5, 0.6) is 0 Å². The third kappa shape index (κ3) is 3.10. The van der Waals surface area contributed by atoms with E-state index in [9.17, 15) is 0 Å². The average Bonchev–Trinajstić information content (AvgIpc) is 2.44. The Hall–Kier alpha value is -1.49. The van der Waals surface area contributed by atoms with Crippen molar-refractivity contribution in [1.82, 2.24) is 0 Å². The Morgan fingerprint density at radius 2 is 1.63 bits per heavy atom. The minimum Gasteiger partial charge on any atom is -0.198 e. The maximum atomic E-state index is 9.05. The molecule has 0 aromatic heterocycles. The molecular weight excluding hydrogens is 277 g/mol. The molecule has 1 atom stereocenters. The maximum absolute atomic E-state index is 9.05. The Bertz CT molecular complexity index is 612. The monoisotopic (exact) mass is 289 g/mol. The molecule has 0 radical (unpaired) electrons. The molecule has 0 unspecified atom stereocenters. The zero-order chi connectivity index (χ0) is 13.8. The molecule has 0 saturated carbocycles. The Kier molecular flexibility index (Phi) is 4.47. The van der Waals surface area contributed by atoms with Gasteiger partial charge in [-0.2, -0.15) is 5.26 Å². The highest BCUT2D eigenvalue weighted by Crippen LogP contribution is 2.29. The zero-order valence-corrected chi connectivity index (χ0v) is 12.0. The Morgan fingerprint density at radius 3 is 2.16 bits per heavy atom. The van der Waals surface area contributed by atoms with E-state index < -0.39 is 0 Å². The van der Waals surface area contributed by atoms with Crippen molar-refractivity contribution >= 4 is 23.2 Å². The van der Waals surface area contributed by atoms with Crippen molar-refractivity contribution in [2.75, 3.05) is 0 Å². The van der Waals surface area contributed by atoms with E-state index in [0.29, 0.717) is 10.0 Å². The van der Waals surface area contributed by atoms with Gasteiger partial charge in [-0.15, -0.1) is 0 Å². The first-order chi connectivity index (χ1) is 9.15. The topological polar surface area (TPSA) is 23.8 Å². The second-order valence-corrected chi connectivity index (χ2v) is 5.16. The van der Waals surface area contributed by atoms with Crippen LogP contribution in [0.1, 0.15) is 24.8 Å². The molecule has 0 heterocycles. The van der Waals surface area contributed by atoms with Crippen molar-refractivity contribution in [1.29, 1.82) is 5.26 Å². The molecule has 0 saturated heterocycles. The second-order valence-electron chi connectivity index (χ2n) is 4.34. The van der Waals surface area contributed by atoms with Crippen molar-refractivity contribution in [3.63, 3.8) is 0 Å². The number of halogens is 2. The van der Waals surface area contributed by atoms with Gasteiger partial charge in [0.25, 0.3) is 0 Å². The summed E-state index contributed by atoms with van der Waals surface area (Å²) in [6.45, 7) is 2.01. The predicted molar refractivity (Wildman–Crippen MR) is 80.5 cm³/mol. The van der Waals surface area contributed by atoms with Crippen LogP contribution in [0.4, 0.5) is 0 Å². The molecule has 2 aromatic carbocycles. The number of hydrogen-bond donors (Lipinski definition) is 0. The highest BCUT2D eigenvalue weighted by atomic mass is 35.5. The molecule has 3 heteroatoms. The lowest BCUT2D eigenvalue weighted by Gasteiger charge is -2.08. The zero-order valence-electron chi connectivity index (χ0n) is 10.5. The van der Waals surface area contributed by atoms with Crippen LogP contribution in [-0.2, 0) is 0 Å². The van der Waals surface area contributed by atoms with Gasteiger partial charge in [-0.25, -0.2) is 0 Å². The molecule has 96 valence electrons. The van der Waals surface area contributed by atoms with E-state index >= 15 is 0 Å². The molecule has 0 aliphatic carbocycles. The molecule has 0 bridgehead atoms. The molecule has 1 nitrogen and oxygen atoms in total. The summed E-state index contributed by atoms with van der Waals surface area (Å²) >= 11 is 11.9. The van der Waals surface area contributed by atoms with E-state index in [0.717, 1.165) is 23.1 Å². The number of rotatable bonds is 3. The Balaban J connectivity index is 2.32. The largest absolute Gasteiger partial charge is 0.198 e. The summed E-state index contributed by atoms with van der Waals surface area (Å²) in [6.07, 6.45) is 0.822. The molecule has 0 N–H and O–H groups in total. The van der Waals surface area contributed by atoms with Gasteiger partial charge in [0, 0.05) is 0 Å². The summed E-state index contributed by atoms with van der Waals surface area (Å²) in [4.78, 5) is 0. The fourth-order valence-corrected chi connectivity index (χ4v) is 2.28. The summed E-state index contributed by atoms with van der Waals surface area (Å²) in [7, 11) is 0. The maximum Gasteiger partial charge on any atom is 0.0710 e. The minimum absolute atomic E-state index is 0.0390. The van der Waals surface area contributed by atoms with E-state index in [2.05, 4.69) is 6.07 Å². The molecule has 0 aliphatic rings. The number of benzene rings is 2. The summed E-state index contributed by atoms with van der Waals surface area (Å²) in [6, 6.07) is 15.9. The van der Waals surface area contributed by atoms with Gasteiger partial charge in [0.1, 0.15) is 0 Å². The smallest absolute Gasteiger partial charge is 0.0710 e. The van der Waals surface area contributed by atoms with Crippen LogP contribution in [0.2, 0.25) is 10.0 Å². The van der Waals surface area contributed by atoms with Crippen molar-refractivity contribution in [2.24, 2.45) is 0 Å². The summed E-state index contributed by atoms with van der Waals surface area (Å²) in [5, 5.41) is 10.2. The molecule has 2 aromatic rings. The van der Waals surface area contributed by atoms with E-state index in [1.807, 2.05) is 43.3 Å². The third-order valence-electron chi connectivity index (χ3n) is 3.13. The Morgan fingerprint density at radius 1 is 1.00 bits per heavy atom. The van der Waals surface area contributed by atoms with Crippen LogP contribution in [0.3, 0.4) is 0 Å². The molecule has 0 amide bonds. The fourth-order valence-electron chi connectivity index (χ4n) is 1.99. The molecule has 0 fully saturated rings. The van der Waals surface area contributed by atoms with E-state index in [1.54, 1.807) is 6.07 Å². The van der Waals surface area contributed by atoms with Gasteiger partial charge in [0.2, 0.25) is 0 Å². The van der Waals surface area contributed by atoms with Crippen molar-refractivity contribution in [3.05, 3.63) is 58.1 Å². The van der Waals surface area contributed by atoms with Gasteiger partial charge >= 0.3 is 0 Å². The normalized spacial score (nSPS) is 11.9. The first kappa shape index (κ1) is 13.9. The van der Waals surface area contributed by atoms with Crippen molar-refractivity contribution in [2.45, 2.75) is 19.3 Å². The molecule has 2 rings (SSSR count). The first-order valence-electron chi connectivity index (χ1n) is 6.10. The van der Waals surface area contributed by atoms with Crippen molar-refractivity contribution in [3.8, 4) is 17.2 Å². The van der Waals surface area contributed by atoms with Gasteiger partial charge in [-0.1, -0.05) is 60.5 Å². The van der Waals surface area contributed by atoms with Crippen LogP contribution in [0, 0.1) is 11.3 Å². The molecule has 19 heavy (non-hydrogen) atoms. The van der Waals surface area contributed by atoms with Crippen LogP contribution < -0.4 is 0 Å². The van der Waals surface area contributed by atoms with E-state index in [4.69, 9.17) is 28.5 Å². The van der Waals surface area contributed by atoms with Crippen molar-refractivity contribution < 1.29 is 0 Å². The predicted octanol–water partition coefficient (Wildman–Crippen LogP) is 5.68. The summed E-state index contributed by atoms with van der Waals surface area (Å²) < 4.78 is 0.